The number of rotatable bonds is 5. The van der Waals surface area contributed by atoms with Gasteiger partial charge in [-0.3, -0.25) is 9.59 Å². The molecule has 0 atom stereocenters. The molecule has 6 nitrogen and oxygen atoms in total. The Morgan fingerprint density at radius 3 is 2.54 bits per heavy atom. The molecule has 3 rings (SSSR count). The van der Waals surface area contributed by atoms with Crippen molar-refractivity contribution in [1.29, 1.82) is 0 Å². The van der Waals surface area contributed by atoms with Crippen LogP contribution in [0.15, 0.2) is 36.4 Å². The summed E-state index contributed by atoms with van der Waals surface area (Å²) in [5, 5.41) is 6.90. The Kier molecular flexibility index (Phi) is 4.80. The predicted octanol–water partition coefficient (Wildman–Crippen LogP) is 2.12. The average Bonchev–Trinajstić information content (AvgIpc) is 2.99. The molecular formula is C19H23FN4O2. The first kappa shape index (κ1) is 18.1. The van der Waals surface area contributed by atoms with E-state index < -0.39 is 11.6 Å². The van der Waals surface area contributed by atoms with Crippen molar-refractivity contribution in [2.45, 2.75) is 26.4 Å². The molecule has 1 fully saturated rings. The van der Waals surface area contributed by atoms with Crippen molar-refractivity contribution >= 4 is 11.8 Å². The number of amides is 2. The standard InChI is InChI=1S/C19H23FN4O2/c1-13(2)18(26)23-11-19(20,12-23)10-21-17(25)16-9-14(3)24(22-16)15-7-5-4-6-8-15/h4-9,13H,10-12H2,1-3H3,(H,21,25). The monoisotopic (exact) mass is 358 g/mol. The van der Waals surface area contributed by atoms with Crippen molar-refractivity contribution in [2.24, 2.45) is 5.92 Å². The van der Waals surface area contributed by atoms with Crippen molar-refractivity contribution < 1.29 is 14.0 Å². The molecule has 0 radical (unpaired) electrons. The lowest BCUT2D eigenvalue weighted by molar-refractivity contribution is -0.148. The van der Waals surface area contributed by atoms with Crippen LogP contribution >= 0.6 is 0 Å². The summed E-state index contributed by atoms with van der Waals surface area (Å²) in [5.74, 6) is -0.644. The van der Waals surface area contributed by atoms with Crippen LogP contribution < -0.4 is 5.32 Å². The Morgan fingerprint density at radius 2 is 1.92 bits per heavy atom. The number of aryl methyl sites for hydroxylation is 1. The first-order valence-electron chi connectivity index (χ1n) is 8.67. The van der Waals surface area contributed by atoms with Gasteiger partial charge in [0.1, 0.15) is 0 Å². The minimum Gasteiger partial charge on any atom is -0.347 e. The van der Waals surface area contributed by atoms with E-state index in [4.69, 9.17) is 0 Å². The molecule has 2 aromatic rings. The first-order chi connectivity index (χ1) is 12.3. The van der Waals surface area contributed by atoms with Crippen molar-refractivity contribution in [2.75, 3.05) is 19.6 Å². The van der Waals surface area contributed by atoms with Gasteiger partial charge < -0.3 is 10.2 Å². The van der Waals surface area contributed by atoms with E-state index in [1.165, 1.54) is 4.90 Å². The maximum absolute atomic E-state index is 14.6. The number of nitrogens with one attached hydrogen (secondary N) is 1. The molecule has 1 aliphatic rings. The molecule has 1 saturated heterocycles. The number of nitrogens with zero attached hydrogens (tertiary/aromatic N) is 3. The molecule has 1 aromatic heterocycles. The Balaban J connectivity index is 1.59. The lowest BCUT2D eigenvalue weighted by Gasteiger charge is -2.45. The first-order valence-corrected chi connectivity index (χ1v) is 8.67. The maximum atomic E-state index is 14.6. The van der Waals surface area contributed by atoms with Gasteiger partial charge in [-0.15, -0.1) is 0 Å². The highest BCUT2D eigenvalue weighted by atomic mass is 19.1. The third-order valence-corrected chi connectivity index (χ3v) is 4.44. The van der Waals surface area contributed by atoms with Crippen molar-refractivity contribution in [3.8, 4) is 5.69 Å². The molecule has 26 heavy (non-hydrogen) atoms. The van der Waals surface area contributed by atoms with Gasteiger partial charge in [0.2, 0.25) is 5.91 Å². The molecule has 1 aromatic carbocycles. The normalized spacial score (nSPS) is 15.7. The largest absolute Gasteiger partial charge is 0.347 e. The second kappa shape index (κ2) is 6.90. The summed E-state index contributed by atoms with van der Waals surface area (Å²) in [6, 6.07) is 11.2. The second-order valence-corrected chi connectivity index (χ2v) is 7.10. The molecule has 0 bridgehead atoms. The smallest absolute Gasteiger partial charge is 0.271 e. The number of alkyl halides is 1. The Bertz CT molecular complexity index is 810. The summed E-state index contributed by atoms with van der Waals surface area (Å²) in [5.41, 5.74) is 0.336. The molecule has 0 unspecified atom stereocenters. The van der Waals surface area contributed by atoms with E-state index in [0.717, 1.165) is 11.4 Å². The van der Waals surface area contributed by atoms with Crippen LogP contribution in [0, 0.1) is 12.8 Å². The van der Waals surface area contributed by atoms with Crippen molar-refractivity contribution in [3.05, 3.63) is 47.8 Å². The molecule has 7 heteroatoms. The summed E-state index contributed by atoms with van der Waals surface area (Å²) in [6.45, 7) is 5.32. The molecular weight excluding hydrogens is 335 g/mol. The number of benzene rings is 1. The van der Waals surface area contributed by atoms with Gasteiger partial charge in [-0.1, -0.05) is 32.0 Å². The van der Waals surface area contributed by atoms with E-state index in [1.807, 2.05) is 37.3 Å². The second-order valence-electron chi connectivity index (χ2n) is 7.10. The fourth-order valence-electron chi connectivity index (χ4n) is 3.02. The highest BCUT2D eigenvalue weighted by Gasteiger charge is 2.46. The van der Waals surface area contributed by atoms with Gasteiger partial charge in [-0.25, -0.2) is 9.07 Å². The van der Waals surface area contributed by atoms with E-state index in [9.17, 15) is 14.0 Å². The molecule has 1 N–H and O–H groups in total. The number of carbonyl (C=O) groups excluding carboxylic acids is 2. The minimum absolute atomic E-state index is 0.0157. The Hall–Kier alpha value is -2.70. The van der Waals surface area contributed by atoms with Crippen molar-refractivity contribution in [1.82, 2.24) is 20.0 Å². The molecule has 1 aliphatic heterocycles. The molecule has 2 heterocycles. The molecule has 2 amide bonds. The fraction of sp³-hybridized carbons (Fsp3) is 0.421. The molecule has 0 aliphatic carbocycles. The predicted molar refractivity (Wildman–Crippen MR) is 95.9 cm³/mol. The highest BCUT2D eigenvalue weighted by Crippen LogP contribution is 2.26. The summed E-state index contributed by atoms with van der Waals surface area (Å²) in [7, 11) is 0. The van der Waals surface area contributed by atoms with Gasteiger partial charge in [0, 0.05) is 11.6 Å². The number of aromatic nitrogens is 2. The van der Waals surface area contributed by atoms with Gasteiger partial charge in [0.25, 0.3) is 5.91 Å². The van der Waals surface area contributed by atoms with Crippen LogP contribution in [0.5, 0.6) is 0 Å². The topological polar surface area (TPSA) is 67.2 Å². The summed E-state index contributed by atoms with van der Waals surface area (Å²) in [6.07, 6.45) is 0. The van der Waals surface area contributed by atoms with Gasteiger partial charge in [-0.2, -0.15) is 5.10 Å². The number of likely N-dealkylation sites (tertiary alicyclic amines) is 1. The SMILES string of the molecule is Cc1cc(C(=O)NCC2(F)CN(C(=O)C(C)C)C2)nn1-c1ccccc1. The lowest BCUT2D eigenvalue weighted by Crippen LogP contribution is -2.65. The van der Waals surface area contributed by atoms with Gasteiger partial charge in [0.15, 0.2) is 11.4 Å². The van der Waals surface area contributed by atoms with E-state index in [2.05, 4.69) is 10.4 Å². The zero-order valence-electron chi connectivity index (χ0n) is 15.2. The van der Waals surface area contributed by atoms with Crippen molar-refractivity contribution in [3.63, 3.8) is 0 Å². The maximum Gasteiger partial charge on any atom is 0.271 e. The number of carbonyl (C=O) groups is 2. The van der Waals surface area contributed by atoms with Crippen LogP contribution in [0.3, 0.4) is 0 Å². The van der Waals surface area contributed by atoms with E-state index >= 15 is 0 Å². The summed E-state index contributed by atoms with van der Waals surface area (Å²) in [4.78, 5) is 25.6. The summed E-state index contributed by atoms with van der Waals surface area (Å²) >= 11 is 0. The van der Waals surface area contributed by atoms with Crippen LogP contribution in [0.2, 0.25) is 0 Å². The van der Waals surface area contributed by atoms with E-state index in [1.54, 1.807) is 24.6 Å². The van der Waals surface area contributed by atoms with Crippen LogP contribution in [0.1, 0.15) is 30.0 Å². The zero-order valence-corrected chi connectivity index (χ0v) is 15.2. The van der Waals surface area contributed by atoms with Gasteiger partial charge >= 0.3 is 0 Å². The quantitative estimate of drug-likeness (QED) is 0.890. The number of para-hydroxylation sites is 1. The molecule has 0 spiro atoms. The van der Waals surface area contributed by atoms with Crippen LogP contribution in [0.4, 0.5) is 4.39 Å². The third-order valence-electron chi connectivity index (χ3n) is 4.44. The van der Waals surface area contributed by atoms with Gasteiger partial charge in [-0.05, 0) is 25.1 Å². The third kappa shape index (κ3) is 3.61. The van der Waals surface area contributed by atoms with Gasteiger partial charge in [0.05, 0.1) is 25.3 Å². The number of halogens is 1. The zero-order chi connectivity index (χ0) is 18.9. The van der Waals surface area contributed by atoms with Crippen LogP contribution in [-0.2, 0) is 4.79 Å². The fourth-order valence-corrected chi connectivity index (χ4v) is 3.02. The molecule has 138 valence electrons. The Morgan fingerprint density at radius 1 is 1.27 bits per heavy atom. The number of hydrogen-bond donors (Lipinski definition) is 1. The molecule has 0 saturated carbocycles. The van der Waals surface area contributed by atoms with Crippen LogP contribution in [-0.4, -0.2) is 51.8 Å². The lowest BCUT2D eigenvalue weighted by atomic mass is 9.94. The highest BCUT2D eigenvalue weighted by molar-refractivity contribution is 5.92. The minimum atomic E-state index is -1.57. The Labute approximate surface area is 152 Å². The van der Waals surface area contributed by atoms with E-state index in [-0.39, 0.29) is 37.2 Å². The summed E-state index contributed by atoms with van der Waals surface area (Å²) < 4.78 is 16.2. The average molecular weight is 358 g/mol. The van der Waals surface area contributed by atoms with Crippen LogP contribution in [0.25, 0.3) is 5.69 Å². The number of hydrogen-bond acceptors (Lipinski definition) is 3. The van der Waals surface area contributed by atoms with E-state index in [0.29, 0.717) is 0 Å².